The van der Waals surface area contributed by atoms with Gasteiger partial charge < -0.3 is 10.5 Å². The van der Waals surface area contributed by atoms with Crippen LogP contribution in [0.4, 0.5) is 8.78 Å². The number of benzene rings is 1. The molecule has 0 fully saturated rings. The monoisotopic (exact) mass is 227 g/mol. The molecule has 0 amide bonds. The molecule has 2 nitrogen and oxygen atoms in total. The lowest BCUT2D eigenvalue weighted by atomic mass is 10.1. The van der Waals surface area contributed by atoms with Crippen LogP contribution in [0, 0.1) is 6.92 Å². The van der Waals surface area contributed by atoms with E-state index in [9.17, 15) is 8.78 Å². The van der Waals surface area contributed by atoms with Gasteiger partial charge in [-0.1, -0.05) is 30.4 Å². The van der Waals surface area contributed by atoms with Crippen molar-refractivity contribution in [3.8, 4) is 5.75 Å². The molecule has 88 valence electrons. The number of nitrogens with two attached hydrogens (primary N) is 1. The molecule has 16 heavy (non-hydrogen) atoms. The summed E-state index contributed by atoms with van der Waals surface area (Å²) in [6.07, 6.45) is 3.42. The molecule has 1 atom stereocenters. The normalized spacial score (nSPS) is 13.4. The molecular formula is C12H15F2NO. The SMILES string of the molecule is Cc1cccc(/C=C/C(C)N)c1OC(F)F. The summed E-state index contributed by atoms with van der Waals surface area (Å²) in [5, 5.41) is 0. The minimum absolute atomic E-state index is 0.125. The predicted octanol–water partition coefficient (Wildman–Crippen LogP) is 2.96. The van der Waals surface area contributed by atoms with Crippen LogP contribution in [0.1, 0.15) is 18.1 Å². The Morgan fingerprint density at radius 1 is 1.38 bits per heavy atom. The summed E-state index contributed by atoms with van der Waals surface area (Å²) < 4.78 is 28.9. The number of halogens is 2. The van der Waals surface area contributed by atoms with E-state index in [1.807, 2.05) is 0 Å². The molecule has 0 aliphatic carbocycles. The van der Waals surface area contributed by atoms with Gasteiger partial charge in [0.2, 0.25) is 0 Å². The fourth-order valence-electron chi connectivity index (χ4n) is 1.31. The van der Waals surface area contributed by atoms with Crippen LogP contribution < -0.4 is 10.5 Å². The van der Waals surface area contributed by atoms with Gasteiger partial charge in [0, 0.05) is 11.6 Å². The third-order valence-electron chi connectivity index (χ3n) is 2.03. The van der Waals surface area contributed by atoms with Gasteiger partial charge >= 0.3 is 6.61 Å². The molecule has 1 rings (SSSR count). The zero-order valence-corrected chi connectivity index (χ0v) is 9.28. The fourth-order valence-corrected chi connectivity index (χ4v) is 1.31. The molecule has 0 saturated carbocycles. The van der Waals surface area contributed by atoms with Crippen molar-refractivity contribution in [2.45, 2.75) is 26.5 Å². The van der Waals surface area contributed by atoms with Crippen LogP contribution in [0.2, 0.25) is 0 Å². The van der Waals surface area contributed by atoms with Crippen molar-refractivity contribution in [2.75, 3.05) is 0 Å². The molecule has 0 aliphatic rings. The largest absolute Gasteiger partial charge is 0.434 e. The molecule has 1 unspecified atom stereocenters. The molecule has 0 heterocycles. The van der Waals surface area contributed by atoms with E-state index in [-0.39, 0.29) is 11.8 Å². The van der Waals surface area contributed by atoms with Crippen LogP contribution in [-0.2, 0) is 0 Å². The number of hydrogen-bond acceptors (Lipinski definition) is 2. The van der Waals surface area contributed by atoms with Crippen molar-refractivity contribution in [3.05, 3.63) is 35.4 Å². The van der Waals surface area contributed by atoms with Crippen LogP contribution in [0.25, 0.3) is 6.08 Å². The lowest BCUT2D eigenvalue weighted by molar-refractivity contribution is -0.0504. The molecule has 0 aromatic heterocycles. The van der Waals surface area contributed by atoms with Crippen LogP contribution in [0.5, 0.6) is 5.75 Å². The molecule has 0 radical (unpaired) electrons. The van der Waals surface area contributed by atoms with Crippen LogP contribution >= 0.6 is 0 Å². The van der Waals surface area contributed by atoms with Crippen molar-refractivity contribution in [3.63, 3.8) is 0 Å². The van der Waals surface area contributed by atoms with Gasteiger partial charge in [-0.3, -0.25) is 0 Å². The third kappa shape index (κ3) is 3.62. The maximum absolute atomic E-state index is 12.2. The minimum Gasteiger partial charge on any atom is -0.434 e. The van der Waals surface area contributed by atoms with Crippen LogP contribution in [0.15, 0.2) is 24.3 Å². The first-order chi connectivity index (χ1) is 7.50. The first-order valence-electron chi connectivity index (χ1n) is 4.99. The van der Waals surface area contributed by atoms with Gasteiger partial charge in [-0.15, -0.1) is 0 Å². The summed E-state index contributed by atoms with van der Waals surface area (Å²) in [4.78, 5) is 0. The summed E-state index contributed by atoms with van der Waals surface area (Å²) in [5.41, 5.74) is 6.84. The molecule has 1 aromatic carbocycles. The van der Waals surface area contributed by atoms with E-state index in [1.54, 1.807) is 44.2 Å². The van der Waals surface area contributed by atoms with E-state index in [0.29, 0.717) is 11.1 Å². The summed E-state index contributed by atoms with van der Waals surface area (Å²) in [5.74, 6) is 0.203. The minimum atomic E-state index is -2.82. The number of ether oxygens (including phenoxy) is 1. The summed E-state index contributed by atoms with van der Waals surface area (Å²) >= 11 is 0. The standard InChI is InChI=1S/C12H15F2NO/c1-8-4-3-5-10(7-6-9(2)15)11(8)16-12(13)14/h3-7,9,12H,15H2,1-2H3/b7-6+. The van der Waals surface area contributed by atoms with Gasteiger partial charge in [0.15, 0.2) is 0 Å². The Kier molecular flexibility index (Phi) is 4.43. The zero-order chi connectivity index (χ0) is 12.1. The second-order valence-electron chi connectivity index (χ2n) is 3.59. The maximum atomic E-state index is 12.2. The Hall–Kier alpha value is -1.42. The van der Waals surface area contributed by atoms with Crippen molar-refractivity contribution < 1.29 is 13.5 Å². The Bertz CT molecular complexity index is 375. The maximum Gasteiger partial charge on any atom is 0.387 e. The van der Waals surface area contributed by atoms with E-state index in [2.05, 4.69) is 4.74 Å². The third-order valence-corrected chi connectivity index (χ3v) is 2.03. The van der Waals surface area contributed by atoms with Gasteiger partial charge in [-0.25, -0.2) is 0 Å². The molecule has 0 saturated heterocycles. The van der Waals surface area contributed by atoms with E-state index < -0.39 is 6.61 Å². The summed E-state index contributed by atoms with van der Waals surface area (Å²) in [7, 11) is 0. The summed E-state index contributed by atoms with van der Waals surface area (Å²) in [6, 6.07) is 5.10. The second kappa shape index (κ2) is 5.61. The summed E-state index contributed by atoms with van der Waals surface area (Å²) in [6.45, 7) is 0.712. The van der Waals surface area contributed by atoms with E-state index in [0.717, 1.165) is 0 Å². The molecule has 0 spiro atoms. The van der Waals surface area contributed by atoms with Crippen molar-refractivity contribution in [1.82, 2.24) is 0 Å². The van der Waals surface area contributed by atoms with Crippen molar-refractivity contribution in [1.29, 1.82) is 0 Å². The van der Waals surface area contributed by atoms with Gasteiger partial charge in [0.25, 0.3) is 0 Å². The van der Waals surface area contributed by atoms with E-state index in [1.165, 1.54) is 0 Å². The van der Waals surface area contributed by atoms with Gasteiger partial charge in [-0.2, -0.15) is 8.78 Å². The molecule has 0 bridgehead atoms. The average molecular weight is 227 g/mol. The molecular weight excluding hydrogens is 212 g/mol. The predicted molar refractivity (Wildman–Crippen MR) is 60.5 cm³/mol. The quantitative estimate of drug-likeness (QED) is 0.858. The Morgan fingerprint density at radius 2 is 2.06 bits per heavy atom. The fraction of sp³-hybridized carbons (Fsp3) is 0.333. The first-order valence-corrected chi connectivity index (χ1v) is 4.99. The first kappa shape index (κ1) is 12.6. The molecule has 1 aromatic rings. The zero-order valence-electron chi connectivity index (χ0n) is 9.28. The van der Waals surface area contributed by atoms with Gasteiger partial charge in [0.05, 0.1) is 0 Å². The number of para-hydroxylation sites is 1. The van der Waals surface area contributed by atoms with Crippen LogP contribution in [-0.4, -0.2) is 12.7 Å². The Morgan fingerprint density at radius 3 is 2.62 bits per heavy atom. The Balaban J connectivity index is 3.02. The van der Waals surface area contributed by atoms with E-state index in [4.69, 9.17) is 5.73 Å². The lowest BCUT2D eigenvalue weighted by Gasteiger charge is -2.11. The number of hydrogen-bond donors (Lipinski definition) is 1. The topological polar surface area (TPSA) is 35.2 Å². The van der Waals surface area contributed by atoms with Gasteiger partial charge in [-0.05, 0) is 19.4 Å². The highest BCUT2D eigenvalue weighted by molar-refractivity contribution is 5.60. The highest BCUT2D eigenvalue weighted by atomic mass is 19.3. The smallest absolute Gasteiger partial charge is 0.387 e. The highest BCUT2D eigenvalue weighted by Gasteiger charge is 2.10. The Labute approximate surface area is 93.7 Å². The molecule has 0 aliphatic heterocycles. The van der Waals surface area contributed by atoms with Crippen LogP contribution in [0.3, 0.4) is 0 Å². The number of alkyl halides is 2. The molecule has 4 heteroatoms. The number of aryl methyl sites for hydroxylation is 1. The van der Waals surface area contributed by atoms with Gasteiger partial charge in [0.1, 0.15) is 5.75 Å². The second-order valence-corrected chi connectivity index (χ2v) is 3.59. The highest BCUT2D eigenvalue weighted by Crippen LogP contribution is 2.26. The molecule has 2 N–H and O–H groups in total. The van der Waals surface area contributed by atoms with E-state index >= 15 is 0 Å². The van der Waals surface area contributed by atoms with Crippen molar-refractivity contribution in [2.24, 2.45) is 5.73 Å². The average Bonchev–Trinajstić information content (AvgIpc) is 2.18. The lowest BCUT2D eigenvalue weighted by Crippen LogP contribution is -2.10. The van der Waals surface area contributed by atoms with Crippen molar-refractivity contribution >= 4 is 6.08 Å². The number of rotatable bonds is 4.